The van der Waals surface area contributed by atoms with Crippen LogP contribution >= 0.6 is 23.1 Å². The van der Waals surface area contributed by atoms with E-state index in [1.54, 1.807) is 11.3 Å². The number of fused-ring (bicyclic) bond motifs is 3. The van der Waals surface area contributed by atoms with Gasteiger partial charge >= 0.3 is 0 Å². The predicted molar refractivity (Wildman–Crippen MR) is 105 cm³/mol. The monoisotopic (exact) mass is 366 g/mol. The molecule has 3 nitrogen and oxygen atoms in total. The fraction of sp³-hybridized carbons (Fsp3) is 0.200. The van der Waals surface area contributed by atoms with Crippen LogP contribution in [0, 0.1) is 13.8 Å². The van der Waals surface area contributed by atoms with Crippen molar-refractivity contribution >= 4 is 34.1 Å². The summed E-state index contributed by atoms with van der Waals surface area (Å²) in [4.78, 5) is 19.6. The molecule has 25 heavy (non-hydrogen) atoms. The Balaban J connectivity index is 1.53. The summed E-state index contributed by atoms with van der Waals surface area (Å²) < 4.78 is 0. The highest BCUT2D eigenvalue weighted by Crippen LogP contribution is 2.44. The number of hydrogen-bond donors (Lipinski definition) is 1. The van der Waals surface area contributed by atoms with Gasteiger partial charge in [0.05, 0.1) is 12.1 Å². The summed E-state index contributed by atoms with van der Waals surface area (Å²) in [6.45, 7) is 4.11. The number of rotatable bonds is 3. The Kier molecular flexibility index (Phi) is 4.36. The first-order chi connectivity index (χ1) is 12.1. The average Bonchev–Trinajstić information content (AvgIpc) is 3.00. The Bertz CT molecular complexity index is 962. The minimum Gasteiger partial charge on any atom is -0.302 e. The molecule has 0 saturated heterocycles. The molecule has 1 aromatic heterocycles. The van der Waals surface area contributed by atoms with Gasteiger partial charge in [0.15, 0.2) is 5.13 Å². The largest absolute Gasteiger partial charge is 0.302 e. The van der Waals surface area contributed by atoms with Gasteiger partial charge in [0.2, 0.25) is 5.91 Å². The van der Waals surface area contributed by atoms with E-state index in [2.05, 4.69) is 41.5 Å². The molecule has 0 bridgehead atoms. The van der Waals surface area contributed by atoms with Gasteiger partial charge in [-0.25, -0.2) is 4.98 Å². The molecule has 1 N–H and O–H groups in total. The summed E-state index contributed by atoms with van der Waals surface area (Å²) in [6, 6.07) is 14.5. The summed E-state index contributed by atoms with van der Waals surface area (Å²) in [7, 11) is 0. The van der Waals surface area contributed by atoms with Crippen molar-refractivity contribution in [2.45, 2.75) is 30.9 Å². The molecular weight excluding hydrogens is 348 g/mol. The van der Waals surface area contributed by atoms with Gasteiger partial charge in [-0.15, -0.1) is 23.1 Å². The van der Waals surface area contributed by atoms with Crippen LogP contribution in [0.2, 0.25) is 0 Å². The first-order valence-electron chi connectivity index (χ1n) is 8.18. The second kappa shape index (κ2) is 6.65. The number of anilines is 1. The first-order valence-corrected chi connectivity index (χ1v) is 9.98. The molecular formula is C20H18N2OS2. The lowest BCUT2D eigenvalue weighted by Crippen LogP contribution is -2.14. The molecule has 0 aliphatic carbocycles. The normalized spacial score (nSPS) is 12.4. The lowest BCUT2D eigenvalue weighted by Gasteiger charge is -2.13. The third-order valence-electron chi connectivity index (χ3n) is 4.29. The topological polar surface area (TPSA) is 42.0 Å². The third-order valence-corrected chi connectivity index (χ3v) is 6.55. The van der Waals surface area contributed by atoms with Crippen LogP contribution in [0.1, 0.15) is 21.6 Å². The van der Waals surface area contributed by atoms with Crippen molar-refractivity contribution in [3.63, 3.8) is 0 Å². The molecule has 1 aliphatic heterocycles. The van der Waals surface area contributed by atoms with Gasteiger partial charge in [-0.3, -0.25) is 4.79 Å². The Morgan fingerprint density at radius 1 is 1.20 bits per heavy atom. The lowest BCUT2D eigenvalue weighted by atomic mass is 10.0. The smallest absolute Gasteiger partial charge is 0.230 e. The molecule has 2 heterocycles. The van der Waals surface area contributed by atoms with E-state index in [1.165, 1.54) is 20.9 Å². The van der Waals surface area contributed by atoms with Crippen LogP contribution in [0.25, 0.3) is 11.3 Å². The number of aromatic nitrogens is 1. The number of nitrogens with one attached hydrogen (secondary N) is 1. The fourth-order valence-electron chi connectivity index (χ4n) is 3.03. The van der Waals surface area contributed by atoms with Crippen molar-refractivity contribution < 1.29 is 4.79 Å². The lowest BCUT2D eigenvalue weighted by molar-refractivity contribution is -0.115. The highest BCUT2D eigenvalue weighted by Gasteiger charge is 2.21. The maximum Gasteiger partial charge on any atom is 0.230 e. The van der Waals surface area contributed by atoms with Gasteiger partial charge in [0.1, 0.15) is 0 Å². The van der Waals surface area contributed by atoms with E-state index in [1.807, 2.05) is 36.9 Å². The van der Waals surface area contributed by atoms with Gasteiger partial charge in [0.25, 0.3) is 0 Å². The molecule has 2 aromatic carbocycles. The van der Waals surface area contributed by atoms with E-state index in [9.17, 15) is 4.79 Å². The summed E-state index contributed by atoms with van der Waals surface area (Å²) >= 11 is 3.41. The zero-order valence-electron chi connectivity index (χ0n) is 14.1. The molecule has 0 saturated carbocycles. The number of carbonyl (C=O) groups excluding carboxylic acids is 1. The zero-order chi connectivity index (χ0) is 17.4. The summed E-state index contributed by atoms with van der Waals surface area (Å²) in [5, 5.41) is 3.67. The second-order valence-electron chi connectivity index (χ2n) is 6.23. The maximum atomic E-state index is 12.4. The summed E-state index contributed by atoms with van der Waals surface area (Å²) in [6.07, 6.45) is 0.377. The van der Waals surface area contributed by atoms with E-state index in [0.717, 1.165) is 22.6 Å². The van der Waals surface area contributed by atoms with Crippen LogP contribution in [-0.2, 0) is 17.0 Å². The number of nitrogens with zero attached hydrogens (tertiary/aromatic N) is 1. The van der Waals surface area contributed by atoms with Crippen LogP contribution in [-0.4, -0.2) is 10.9 Å². The molecule has 1 aliphatic rings. The number of hydrogen-bond acceptors (Lipinski definition) is 4. The highest BCUT2D eigenvalue weighted by atomic mass is 32.2. The quantitative estimate of drug-likeness (QED) is 0.691. The molecule has 1 amide bonds. The molecule has 126 valence electrons. The number of benzene rings is 2. The molecule has 0 fully saturated rings. The highest BCUT2D eigenvalue weighted by molar-refractivity contribution is 7.98. The van der Waals surface area contributed by atoms with Crippen LogP contribution in [0.5, 0.6) is 0 Å². The molecule has 0 spiro atoms. The van der Waals surface area contributed by atoms with Crippen molar-refractivity contribution in [1.29, 1.82) is 0 Å². The number of aryl methyl sites for hydroxylation is 2. The Labute approximate surface area is 155 Å². The molecule has 0 unspecified atom stereocenters. The molecule has 4 rings (SSSR count). The van der Waals surface area contributed by atoms with Gasteiger partial charge in [-0.05, 0) is 31.0 Å². The van der Waals surface area contributed by atoms with Crippen LogP contribution in [0.4, 0.5) is 5.13 Å². The minimum absolute atomic E-state index is 0.0148. The van der Waals surface area contributed by atoms with E-state index in [-0.39, 0.29) is 5.91 Å². The number of thiazole rings is 1. The summed E-state index contributed by atoms with van der Waals surface area (Å²) in [5.74, 6) is 0.899. The van der Waals surface area contributed by atoms with Crippen molar-refractivity contribution in [2.75, 3.05) is 5.32 Å². The van der Waals surface area contributed by atoms with Crippen LogP contribution in [0.3, 0.4) is 0 Å². The average molecular weight is 367 g/mol. The Morgan fingerprint density at radius 3 is 2.88 bits per heavy atom. The molecule has 0 radical (unpaired) electrons. The standard InChI is InChI=1S/C20H18N2OS2/c1-12-7-8-14(13(2)9-12)10-18(23)21-20-22-19-15-5-3-4-6-16(15)24-11-17(19)25-20/h3-9H,10-11H2,1-2H3,(H,21,22,23). The maximum absolute atomic E-state index is 12.4. The number of amides is 1. The molecule has 5 heteroatoms. The van der Waals surface area contributed by atoms with E-state index >= 15 is 0 Å². The van der Waals surface area contributed by atoms with Crippen molar-refractivity contribution in [3.05, 3.63) is 64.0 Å². The van der Waals surface area contributed by atoms with E-state index in [0.29, 0.717) is 11.6 Å². The van der Waals surface area contributed by atoms with Gasteiger partial charge in [0, 0.05) is 21.1 Å². The number of thioether (sulfide) groups is 1. The Morgan fingerprint density at radius 2 is 2.04 bits per heavy atom. The van der Waals surface area contributed by atoms with Gasteiger partial charge < -0.3 is 5.32 Å². The van der Waals surface area contributed by atoms with Gasteiger partial charge in [-0.2, -0.15) is 0 Å². The predicted octanol–water partition coefficient (Wildman–Crippen LogP) is 5.21. The minimum atomic E-state index is -0.0148. The van der Waals surface area contributed by atoms with E-state index < -0.39 is 0 Å². The van der Waals surface area contributed by atoms with Crippen molar-refractivity contribution in [2.24, 2.45) is 0 Å². The molecule has 0 atom stereocenters. The third kappa shape index (κ3) is 3.34. The number of carbonyl (C=O) groups is 1. The van der Waals surface area contributed by atoms with Crippen LogP contribution < -0.4 is 5.32 Å². The van der Waals surface area contributed by atoms with Crippen molar-refractivity contribution in [1.82, 2.24) is 4.98 Å². The van der Waals surface area contributed by atoms with E-state index in [4.69, 9.17) is 0 Å². The zero-order valence-corrected chi connectivity index (χ0v) is 15.8. The first kappa shape index (κ1) is 16.4. The van der Waals surface area contributed by atoms with Gasteiger partial charge in [-0.1, -0.05) is 42.0 Å². The SMILES string of the molecule is Cc1ccc(CC(=O)Nc2nc3c(s2)CSc2ccccc2-3)c(C)c1. The second-order valence-corrected chi connectivity index (χ2v) is 8.33. The Hall–Kier alpha value is -2.11. The fourth-order valence-corrected chi connectivity index (χ4v) is 5.14. The van der Waals surface area contributed by atoms with Crippen LogP contribution in [0.15, 0.2) is 47.4 Å². The van der Waals surface area contributed by atoms with Crippen molar-refractivity contribution in [3.8, 4) is 11.3 Å². The molecule has 3 aromatic rings. The summed E-state index contributed by atoms with van der Waals surface area (Å²) in [5.41, 5.74) is 5.61.